The van der Waals surface area contributed by atoms with E-state index in [1.54, 1.807) is 0 Å². The topological polar surface area (TPSA) is 47.6 Å². The summed E-state index contributed by atoms with van der Waals surface area (Å²) in [7, 11) is 0. The van der Waals surface area contributed by atoms with Crippen molar-refractivity contribution in [1.82, 2.24) is 0 Å². The van der Waals surface area contributed by atoms with Crippen LogP contribution in [0.25, 0.3) is 0 Å². The van der Waals surface area contributed by atoms with Gasteiger partial charge < -0.3 is 14.8 Å². The molecule has 3 aromatic carbocycles. The molecule has 0 aromatic heterocycles. The van der Waals surface area contributed by atoms with Crippen LogP contribution < -0.4 is 14.8 Å². The van der Waals surface area contributed by atoms with Gasteiger partial charge in [-0.25, -0.2) is 0 Å². The summed E-state index contributed by atoms with van der Waals surface area (Å²) in [6.45, 7) is 1.06. The molecular formula is C22H19NO3S. The molecule has 1 unspecified atom stereocenters. The van der Waals surface area contributed by atoms with Gasteiger partial charge in [0.05, 0.1) is 0 Å². The molecule has 27 heavy (non-hydrogen) atoms. The maximum Gasteiger partial charge on any atom is 0.242 e. The predicted molar refractivity (Wildman–Crippen MR) is 108 cm³/mol. The molecule has 0 bridgehead atoms. The molecule has 1 aliphatic rings. The van der Waals surface area contributed by atoms with Gasteiger partial charge in [0.25, 0.3) is 0 Å². The van der Waals surface area contributed by atoms with Crippen LogP contribution in [0.1, 0.15) is 10.8 Å². The van der Waals surface area contributed by atoms with Gasteiger partial charge in [-0.15, -0.1) is 11.8 Å². The molecule has 0 fully saturated rings. The van der Waals surface area contributed by atoms with E-state index in [-0.39, 0.29) is 11.2 Å². The van der Waals surface area contributed by atoms with E-state index >= 15 is 0 Å². The smallest absolute Gasteiger partial charge is 0.242 e. The number of carbonyl (C=O) groups excluding carboxylic acids is 1. The highest BCUT2D eigenvalue weighted by Gasteiger charge is 2.23. The fourth-order valence-corrected chi connectivity index (χ4v) is 3.91. The molecule has 136 valence electrons. The molecule has 1 aliphatic heterocycles. The summed E-state index contributed by atoms with van der Waals surface area (Å²) in [5.74, 6) is 1.29. The second-order valence-corrected chi connectivity index (χ2v) is 7.25. The summed E-state index contributed by atoms with van der Waals surface area (Å²) in [5.41, 5.74) is 1.65. The highest BCUT2D eigenvalue weighted by Crippen LogP contribution is 2.37. The monoisotopic (exact) mass is 377 g/mol. The second-order valence-electron chi connectivity index (χ2n) is 6.07. The van der Waals surface area contributed by atoms with Gasteiger partial charge in [-0.1, -0.05) is 48.5 Å². The molecule has 1 atom stereocenters. The first-order valence-corrected chi connectivity index (χ1v) is 9.65. The summed E-state index contributed by atoms with van der Waals surface area (Å²) in [5, 5.41) is 2.66. The largest absolute Gasteiger partial charge is 0.486 e. The van der Waals surface area contributed by atoms with Crippen molar-refractivity contribution >= 4 is 23.4 Å². The third kappa shape index (κ3) is 4.26. The molecule has 0 saturated carbocycles. The summed E-state index contributed by atoms with van der Waals surface area (Å²) < 4.78 is 11.1. The Morgan fingerprint density at radius 3 is 2.26 bits per heavy atom. The first-order valence-electron chi connectivity index (χ1n) is 8.77. The fraction of sp³-hybridized carbons (Fsp3) is 0.136. The number of anilines is 1. The Hall–Kier alpha value is -2.92. The van der Waals surface area contributed by atoms with Crippen LogP contribution in [-0.2, 0) is 4.79 Å². The Morgan fingerprint density at radius 2 is 1.52 bits per heavy atom. The van der Waals surface area contributed by atoms with Gasteiger partial charge in [-0.05, 0) is 29.8 Å². The molecule has 1 N–H and O–H groups in total. The maximum atomic E-state index is 13.1. The number of carbonyl (C=O) groups is 1. The van der Waals surface area contributed by atoms with E-state index in [9.17, 15) is 4.79 Å². The highest BCUT2D eigenvalue weighted by molar-refractivity contribution is 8.00. The molecule has 0 aliphatic carbocycles. The van der Waals surface area contributed by atoms with Gasteiger partial charge in [-0.3, -0.25) is 4.79 Å². The van der Waals surface area contributed by atoms with Crippen LogP contribution in [0.4, 0.5) is 5.69 Å². The normalized spacial score (nSPS) is 13.6. The number of rotatable bonds is 5. The van der Waals surface area contributed by atoms with Crippen LogP contribution >= 0.6 is 11.8 Å². The Bertz CT molecular complexity index is 915. The van der Waals surface area contributed by atoms with E-state index in [0.717, 1.165) is 10.5 Å². The average Bonchev–Trinajstić information content (AvgIpc) is 2.73. The lowest BCUT2D eigenvalue weighted by atomic mass is 10.1. The van der Waals surface area contributed by atoms with Crippen molar-refractivity contribution in [2.45, 2.75) is 10.1 Å². The lowest BCUT2D eigenvalue weighted by molar-refractivity contribution is -0.115. The lowest BCUT2D eigenvalue weighted by Gasteiger charge is -2.20. The van der Waals surface area contributed by atoms with E-state index in [1.165, 1.54) is 11.8 Å². The van der Waals surface area contributed by atoms with Gasteiger partial charge in [-0.2, -0.15) is 0 Å². The number of benzene rings is 3. The van der Waals surface area contributed by atoms with Crippen LogP contribution in [0.3, 0.4) is 0 Å². The summed E-state index contributed by atoms with van der Waals surface area (Å²) >= 11 is 1.53. The summed E-state index contributed by atoms with van der Waals surface area (Å²) in [6, 6.07) is 25.2. The Kier molecular flexibility index (Phi) is 5.30. The minimum atomic E-state index is -0.359. The number of nitrogens with one attached hydrogen (secondary N) is 1. The van der Waals surface area contributed by atoms with Gasteiger partial charge in [0.1, 0.15) is 18.5 Å². The van der Waals surface area contributed by atoms with Crippen molar-refractivity contribution < 1.29 is 14.3 Å². The third-order valence-electron chi connectivity index (χ3n) is 4.15. The van der Waals surface area contributed by atoms with Gasteiger partial charge in [0.15, 0.2) is 11.5 Å². The van der Waals surface area contributed by atoms with Crippen molar-refractivity contribution in [3.63, 3.8) is 0 Å². The zero-order valence-corrected chi connectivity index (χ0v) is 15.4. The Morgan fingerprint density at radius 1 is 0.852 bits per heavy atom. The molecule has 5 heteroatoms. The molecular weight excluding hydrogens is 358 g/mol. The van der Waals surface area contributed by atoms with Crippen molar-refractivity contribution in [3.05, 3.63) is 84.4 Å². The second kappa shape index (κ2) is 8.18. The minimum Gasteiger partial charge on any atom is -0.486 e. The maximum absolute atomic E-state index is 13.1. The lowest BCUT2D eigenvalue weighted by Crippen LogP contribution is -2.20. The van der Waals surface area contributed by atoms with Gasteiger partial charge in [0.2, 0.25) is 5.91 Å². The summed E-state index contributed by atoms with van der Waals surface area (Å²) in [4.78, 5) is 14.1. The zero-order valence-electron chi connectivity index (χ0n) is 14.6. The standard InChI is InChI=1S/C22H19NO3S/c24-22(23-17-11-12-19-20(15-17)26-14-13-25-19)21(16-7-3-1-4-8-16)27-18-9-5-2-6-10-18/h1-12,15,21H,13-14H2,(H,23,24). The molecule has 1 heterocycles. The molecule has 4 nitrogen and oxygen atoms in total. The quantitative estimate of drug-likeness (QED) is 0.641. The van der Waals surface area contributed by atoms with E-state index in [2.05, 4.69) is 5.32 Å². The van der Waals surface area contributed by atoms with Crippen molar-refractivity contribution in [3.8, 4) is 11.5 Å². The number of ether oxygens (including phenoxy) is 2. The third-order valence-corrected chi connectivity index (χ3v) is 5.41. The minimum absolute atomic E-state index is 0.0771. The summed E-state index contributed by atoms with van der Waals surface area (Å²) in [6.07, 6.45) is 0. The van der Waals surface area contributed by atoms with Crippen LogP contribution in [0.15, 0.2) is 83.8 Å². The highest BCUT2D eigenvalue weighted by atomic mass is 32.2. The van der Waals surface area contributed by atoms with Crippen LogP contribution in [0.5, 0.6) is 11.5 Å². The predicted octanol–water partition coefficient (Wildman–Crippen LogP) is 4.93. The van der Waals surface area contributed by atoms with Crippen LogP contribution in [-0.4, -0.2) is 19.1 Å². The van der Waals surface area contributed by atoms with Crippen LogP contribution in [0.2, 0.25) is 0 Å². The van der Waals surface area contributed by atoms with E-state index < -0.39 is 0 Å². The number of amides is 1. The molecule has 1 amide bonds. The Balaban J connectivity index is 1.57. The number of hydrogen-bond acceptors (Lipinski definition) is 4. The van der Waals surface area contributed by atoms with E-state index in [0.29, 0.717) is 30.4 Å². The first-order chi connectivity index (χ1) is 13.3. The zero-order chi connectivity index (χ0) is 18.5. The van der Waals surface area contributed by atoms with E-state index in [4.69, 9.17) is 9.47 Å². The number of hydrogen-bond donors (Lipinski definition) is 1. The average molecular weight is 377 g/mol. The Labute approximate surface area is 162 Å². The van der Waals surface area contributed by atoms with Crippen LogP contribution in [0, 0.1) is 0 Å². The molecule has 0 radical (unpaired) electrons. The molecule has 0 saturated heterocycles. The molecule has 3 aromatic rings. The van der Waals surface area contributed by atoms with Gasteiger partial charge in [0, 0.05) is 16.6 Å². The fourth-order valence-electron chi connectivity index (χ4n) is 2.86. The van der Waals surface area contributed by atoms with Crippen molar-refractivity contribution in [2.75, 3.05) is 18.5 Å². The number of fused-ring (bicyclic) bond motifs is 1. The van der Waals surface area contributed by atoms with E-state index in [1.807, 2.05) is 78.9 Å². The molecule has 0 spiro atoms. The van der Waals surface area contributed by atoms with Crippen molar-refractivity contribution in [1.29, 1.82) is 0 Å². The first kappa shape index (κ1) is 17.5. The number of thioether (sulfide) groups is 1. The van der Waals surface area contributed by atoms with Gasteiger partial charge >= 0.3 is 0 Å². The SMILES string of the molecule is O=C(Nc1ccc2c(c1)OCCO2)C(Sc1ccccc1)c1ccccc1. The van der Waals surface area contributed by atoms with Crippen molar-refractivity contribution in [2.24, 2.45) is 0 Å². The molecule has 4 rings (SSSR count).